The molecule has 0 amide bonds. The fourth-order valence-electron chi connectivity index (χ4n) is 2.70. The second-order valence-electron chi connectivity index (χ2n) is 4.91. The van der Waals surface area contributed by atoms with Crippen molar-refractivity contribution >= 4 is 32.9 Å². The van der Waals surface area contributed by atoms with E-state index in [0.717, 1.165) is 18.5 Å². The number of thiazole rings is 1. The third kappa shape index (κ3) is 1.83. The number of aromatic nitrogens is 1. The summed E-state index contributed by atoms with van der Waals surface area (Å²) in [4.78, 5) is 6.39. The minimum Gasteiger partial charge on any atom is -0.304 e. The molecule has 0 fully saturated rings. The molecule has 1 N–H and O–H groups in total. The van der Waals surface area contributed by atoms with Gasteiger partial charge in [0.05, 0.1) is 16.3 Å². The Labute approximate surface area is 120 Å². The van der Waals surface area contributed by atoms with Crippen LogP contribution in [0.5, 0.6) is 0 Å². The van der Waals surface area contributed by atoms with Gasteiger partial charge in [0.15, 0.2) is 0 Å². The number of fused-ring (bicyclic) bond motifs is 2. The Morgan fingerprint density at radius 2 is 2.26 bits per heavy atom. The summed E-state index contributed by atoms with van der Waals surface area (Å²) in [6.45, 7) is 3.18. The lowest BCUT2D eigenvalue weighted by molar-refractivity contribution is 0.573. The largest absolute Gasteiger partial charge is 0.304 e. The first-order valence-corrected chi connectivity index (χ1v) is 8.18. The number of hydrogen-bond donors (Lipinski definition) is 1. The second-order valence-corrected chi connectivity index (χ2v) is 6.97. The summed E-state index contributed by atoms with van der Waals surface area (Å²) < 4.78 is 1.29. The molecule has 96 valence electrons. The fourth-order valence-corrected chi connectivity index (χ4v) is 4.76. The van der Waals surface area contributed by atoms with Gasteiger partial charge in [-0.05, 0) is 42.0 Å². The van der Waals surface area contributed by atoms with Crippen LogP contribution in [0.3, 0.4) is 0 Å². The quantitative estimate of drug-likeness (QED) is 0.734. The van der Waals surface area contributed by atoms with Crippen LogP contribution in [0.15, 0.2) is 29.6 Å². The van der Waals surface area contributed by atoms with E-state index in [1.54, 1.807) is 0 Å². The molecule has 19 heavy (non-hydrogen) atoms. The zero-order valence-corrected chi connectivity index (χ0v) is 12.3. The van der Waals surface area contributed by atoms with Crippen LogP contribution in [0.4, 0.5) is 0 Å². The van der Waals surface area contributed by atoms with Crippen molar-refractivity contribution in [2.24, 2.45) is 0 Å². The lowest BCUT2D eigenvalue weighted by Gasteiger charge is -2.22. The van der Waals surface area contributed by atoms with Crippen molar-refractivity contribution < 1.29 is 0 Å². The maximum atomic E-state index is 4.88. The highest BCUT2D eigenvalue weighted by Crippen LogP contribution is 2.36. The Morgan fingerprint density at radius 1 is 1.32 bits per heavy atom. The predicted molar refractivity (Wildman–Crippen MR) is 82.2 cm³/mol. The molecule has 4 rings (SSSR count). The summed E-state index contributed by atoms with van der Waals surface area (Å²) in [6, 6.07) is 8.95. The number of rotatable bonds is 1. The van der Waals surface area contributed by atoms with Crippen LogP contribution in [0.2, 0.25) is 0 Å². The van der Waals surface area contributed by atoms with Gasteiger partial charge in [-0.25, -0.2) is 4.98 Å². The number of aryl methyl sites for hydroxylation is 1. The standard InChI is InChI=1S/C15H14N2S2/c1-9-3-2-4-12-13(9)17-15(19-12)14-10-6-8-18-11(10)5-7-16-14/h2-4,6,8,14,16H,5,7H2,1H3. The molecule has 0 bridgehead atoms. The van der Waals surface area contributed by atoms with E-state index in [1.807, 2.05) is 22.7 Å². The molecule has 1 aliphatic heterocycles. The summed E-state index contributed by atoms with van der Waals surface area (Å²) in [5.74, 6) is 0. The van der Waals surface area contributed by atoms with Crippen LogP contribution in [0.25, 0.3) is 10.2 Å². The van der Waals surface area contributed by atoms with E-state index >= 15 is 0 Å². The number of benzene rings is 1. The van der Waals surface area contributed by atoms with Crippen molar-refractivity contribution in [3.63, 3.8) is 0 Å². The van der Waals surface area contributed by atoms with Gasteiger partial charge < -0.3 is 5.32 Å². The molecule has 0 saturated carbocycles. The first kappa shape index (κ1) is 11.6. The summed E-state index contributed by atoms with van der Waals surface area (Å²) in [6.07, 6.45) is 1.15. The Kier molecular flexibility index (Phi) is 2.69. The molecule has 2 nitrogen and oxygen atoms in total. The Bertz CT molecular complexity index is 742. The Morgan fingerprint density at radius 3 is 3.16 bits per heavy atom. The first-order chi connectivity index (χ1) is 9.33. The van der Waals surface area contributed by atoms with E-state index in [0.29, 0.717) is 0 Å². The molecule has 2 aromatic heterocycles. The monoisotopic (exact) mass is 286 g/mol. The summed E-state index contributed by atoms with van der Waals surface area (Å²) >= 11 is 3.69. The summed E-state index contributed by atoms with van der Waals surface area (Å²) in [5, 5.41) is 7.01. The molecule has 1 atom stereocenters. The van der Waals surface area contributed by atoms with Gasteiger partial charge in [0.25, 0.3) is 0 Å². The van der Waals surface area contributed by atoms with Gasteiger partial charge in [-0.1, -0.05) is 12.1 Å². The number of nitrogens with zero attached hydrogens (tertiary/aromatic N) is 1. The van der Waals surface area contributed by atoms with Crippen molar-refractivity contribution in [2.45, 2.75) is 19.4 Å². The van der Waals surface area contributed by atoms with Gasteiger partial charge >= 0.3 is 0 Å². The molecule has 0 radical (unpaired) electrons. The smallest absolute Gasteiger partial charge is 0.115 e. The zero-order valence-electron chi connectivity index (χ0n) is 10.6. The molecule has 0 aliphatic carbocycles. The number of para-hydroxylation sites is 1. The average Bonchev–Trinajstić information content (AvgIpc) is 3.05. The van der Waals surface area contributed by atoms with E-state index in [-0.39, 0.29) is 6.04 Å². The van der Waals surface area contributed by atoms with E-state index in [2.05, 4.69) is 41.9 Å². The summed E-state index contributed by atoms with van der Waals surface area (Å²) in [7, 11) is 0. The topological polar surface area (TPSA) is 24.9 Å². The van der Waals surface area contributed by atoms with Gasteiger partial charge in [0, 0.05) is 11.4 Å². The molecule has 1 aliphatic rings. The van der Waals surface area contributed by atoms with Crippen LogP contribution in [-0.2, 0) is 6.42 Å². The molecular weight excluding hydrogens is 272 g/mol. The number of nitrogens with one attached hydrogen (secondary N) is 1. The molecular formula is C15H14N2S2. The molecule has 1 unspecified atom stereocenters. The van der Waals surface area contributed by atoms with E-state index in [1.165, 1.54) is 25.7 Å². The average molecular weight is 286 g/mol. The minimum atomic E-state index is 0.284. The van der Waals surface area contributed by atoms with Gasteiger partial charge in [-0.15, -0.1) is 22.7 Å². The molecule has 3 aromatic rings. The van der Waals surface area contributed by atoms with Crippen LogP contribution in [0.1, 0.15) is 27.1 Å². The zero-order chi connectivity index (χ0) is 12.8. The van der Waals surface area contributed by atoms with E-state index in [4.69, 9.17) is 4.98 Å². The van der Waals surface area contributed by atoms with Crippen LogP contribution < -0.4 is 5.32 Å². The van der Waals surface area contributed by atoms with Gasteiger partial charge in [-0.2, -0.15) is 0 Å². The van der Waals surface area contributed by atoms with Crippen molar-refractivity contribution in [1.82, 2.24) is 10.3 Å². The van der Waals surface area contributed by atoms with Gasteiger partial charge in [-0.3, -0.25) is 0 Å². The minimum absolute atomic E-state index is 0.284. The predicted octanol–water partition coefficient (Wildman–Crippen LogP) is 3.90. The van der Waals surface area contributed by atoms with Crippen LogP contribution in [-0.4, -0.2) is 11.5 Å². The Balaban J connectivity index is 1.86. The highest BCUT2D eigenvalue weighted by atomic mass is 32.1. The maximum absolute atomic E-state index is 4.88. The molecule has 0 spiro atoms. The second kappa shape index (κ2) is 4.40. The lowest BCUT2D eigenvalue weighted by atomic mass is 10.0. The van der Waals surface area contributed by atoms with Crippen molar-refractivity contribution in [1.29, 1.82) is 0 Å². The fraction of sp³-hybridized carbons (Fsp3) is 0.267. The SMILES string of the molecule is Cc1cccc2sc(C3NCCc4sccc43)nc12. The molecule has 1 aromatic carbocycles. The third-order valence-corrected chi connectivity index (χ3v) is 5.76. The van der Waals surface area contributed by atoms with Crippen LogP contribution in [0, 0.1) is 6.92 Å². The number of thiophene rings is 1. The normalized spacial score (nSPS) is 18.7. The van der Waals surface area contributed by atoms with Gasteiger partial charge in [0.2, 0.25) is 0 Å². The van der Waals surface area contributed by atoms with Gasteiger partial charge in [0.1, 0.15) is 5.01 Å². The Hall–Kier alpha value is -1.23. The maximum Gasteiger partial charge on any atom is 0.115 e. The first-order valence-electron chi connectivity index (χ1n) is 6.48. The molecule has 0 saturated heterocycles. The van der Waals surface area contributed by atoms with Crippen LogP contribution >= 0.6 is 22.7 Å². The molecule has 3 heterocycles. The molecule has 4 heteroatoms. The van der Waals surface area contributed by atoms with Crippen molar-refractivity contribution in [2.75, 3.05) is 6.54 Å². The third-order valence-electron chi connectivity index (χ3n) is 3.68. The van der Waals surface area contributed by atoms with E-state index in [9.17, 15) is 0 Å². The van der Waals surface area contributed by atoms with Crippen molar-refractivity contribution in [3.05, 3.63) is 50.7 Å². The van der Waals surface area contributed by atoms with E-state index < -0.39 is 0 Å². The number of hydrogen-bond acceptors (Lipinski definition) is 4. The van der Waals surface area contributed by atoms with Crippen molar-refractivity contribution in [3.8, 4) is 0 Å². The summed E-state index contributed by atoms with van der Waals surface area (Å²) in [5.41, 5.74) is 3.85. The highest BCUT2D eigenvalue weighted by Gasteiger charge is 2.25. The lowest BCUT2D eigenvalue weighted by Crippen LogP contribution is -2.29. The highest BCUT2D eigenvalue weighted by molar-refractivity contribution is 7.18.